The van der Waals surface area contributed by atoms with Gasteiger partial charge in [-0.3, -0.25) is 14.5 Å². The molecule has 0 radical (unpaired) electrons. The third-order valence-electron chi connectivity index (χ3n) is 3.91. The first-order chi connectivity index (χ1) is 11.6. The van der Waals surface area contributed by atoms with Crippen molar-refractivity contribution < 1.29 is 14.3 Å². The number of hydrogen-bond acceptors (Lipinski definition) is 5. The molecular formula is C18H18N2O3S. The fourth-order valence-electron chi connectivity index (χ4n) is 2.68. The summed E-state index contributed by atoms with van der Waals surface area (Å²) in [5.74, 6) is -0.552. The number of rotatable bonds is 6. The second kappa shape index (κ2) is 6.98. The van der Waals surface area contributed by atoms with Crippen LogP contribution in [0.15, 0.2) is 53.5 Å². The quantitative estimate of drug-likeness (QED) is 0.757. The summed E-state index contributed by atoms with van der Waals surface area (Å²) in [5, 5.41) is 1.90. The van der Waals surface area contributed by atoms with Gasteiger partial charge in [-0.1, -0.05) is 24.3 Å². The Labute approximate surface area is 144 Å². The Morgan fingerprint density at radius 1 is 1.08 bits per heavy atom. The van der Waals surface area contributed by atoms with Crippen LogP contribution in [0, 0.1) is 0 Å². The lowest BCUT2D eigenvalue weighted by molar-refractivity contribution is -0.137. The summed E-state index contributed by atoms with van der Waals surface area (Å²) in [6.45, 7) is 0.562. The second-order valence-corrected chi connectivity index (χ2v) is 6.30. The van der Waals surface area contributed by atoms with E-state index >= 15 is 0 Å². The van der Waals surface area contributed by atoms with Crippen molar-refractivity contribution in [1.82, 2.24) is 4.90 Å². The first-order valence-electron chi connectivity index (χ1n) is 7.57. The highest BCUT2D eigenvalue weighted by Gasteiger charge is 2.41. The Morgan fingerprint density at radius 3 is 2.46 bits per heavy atom. The Bertz CT molecular complexity index is 769. The largest absolute Gasteiger partial charge is 0.383 e. The van der Waals surface area contributed by atoms with Gasteiger partial charge in [0, 0.05) is 24.7 Å². The van der Waals surface area contributed by atoms with Crippen LogP contribution in [-0.2, 0) is 14.3 Å². The molecule has 5 nitrogen and oxygen atoms in total. The molecular weight excluding hydrogens is 324 g/mol. The molecule has 24 heavy (non-hydrogen) atoms. The second-order valence-electron chi connectivity index (χ2n) is 5.35. The van der Waals surface area contributed by atoms with E-state index in [1.165, 1.54) is 16.2 Å². The number of para-hydroxylation sites is 1. The summed E-state index contributed by atoms with van der Waals surface area (Å²) in [7, 11) is 3.36. The van der Waals surface area contributed by atoms with Crippen LogP contribution >= 0.6 is 11.3 Å². The third kappa shape index (κ3) is 2.86. The summed E-state index contributed by atoms with van der Waals surface area (Å²) in [6.07, 6.45) is 0. The molecule has 2 aromatic rings. The minimum Gasteiger partial charge on any atom is -0.383 e. The SMILES string of the molecule is COCCN1C(=O)C(c2cccs2)=C(N(C)c2ccccc2)C1=O. The molecule has 1 aliphatic rings. The molecule has 1 aromatic heterocycles. The highest BCUT2D eigenvalue weighted by Crippen LogP contribution is 2.35. The standard InChI is InChI=1S/C18H18N2O3S/c1-19(13-7-4-3-5-8-13)16-15(14-9-6-12-24-14)17(21)20(18(16)22)10-11-23-2/h3-9,12H,10-11H2,1-2H3. The van der Waals surface area contributed by atoms with E-state index < -0.39 is 0 Å². The number of carbonyl (C=O) groups excluding carboxylic acids is 2. The average Bonchev–Trinajstić information content (AvgIpc) is 3.20. The maximum Gasteiger partial charge on any atom is 0.278 e. The summed E-state index contributed by atoms with van der Waals surface area (Å²) in [5.41, 5.74) is 1.72. The van der Waals surface area contributed by atoms with Gasteiger partial charge < -0.3 is 9.64 Å². The van der Waals surface area contributed by atoms with Crippen molar-refractivity contribution in [3.8, 4) is 0 Å². The molecule has 6 heteroatoms. The van der Waals surface area contributed by atoms with Gasteiger partial charge in [-0.15, -0.1) is 11.3 Å². The Kier molecular flexibility index (Phi) is 4.78. The van der Waals surface area contributed by atoms with Crippen LogP contribution in [0.4, 0.5) is 5.69 Å². The van der Waals surface area contributed by atoms with Crippen molar-refractivity contribution in [3.63, 3.8) is 0 Å². The number of anilines is 1. The Morgan fingerprint density at radius 2 is 1.83 bits per heavy atom. The molecule has 1 aliphatic heterocycles. The van der Waals surface area contributed by atoms with Crippen LogP contribution in [0.2, 0.25) is 0 Å². The molecule has 1 aromatic carbocycles. The van der Waals surface area contributed by atoms with E-state index in [1.54, 1.807) is 12.0 Å². The fourth-order valence-corrected chi connectivity index (χ4v) is 3.45. The van der Waals surface area contributed by atoms with Gasteiger partial charge in [0.15, 0.2) is 0 Å². The van der Waals surface area contributed by atoms with Gasteiger partial charge in [0.2, 0.25) is 0 Å². The van der Waals surface area contributed by atoms with Crippen molar-refractivity contribution in [1.29, 1.82) is 0 Å². The zero-order valence-electron chi connectivity index (χ0n) is 13.6. The lowest BCUT2D eigenvalue weighted by Gasteiger charge is -2.21. The summed E-state index contributed by atoms with van der Waals surface area (Å²) in [4.78, 5) is 29.6. The number of imide groups is 1. The number of hydrogen-bond donors (Lipinski definition) is 0. The van der Waals surface area contributed by atoms with Crippen LogP contribution in [-0.4, -0.2) is 44.0 Å². The first-order valence-corrected chi connectivity index (χ1v) is 8.45. The molecule has 3 rings (SSSR count). The van der Waals surface area contributed by atoms with E-state index in [9.17, 15) is 9.59 Å². The molecule has 2 amide bonds. The maximum absolute atomic E-state index is 12.9. The number of benzene rings is 1. The first kappa shape index (κ1) is 16.4. The number of thiophene rings is 1. The monoisotopic (exact) mass is 342 g/mol. The van der Waals surface area contributed by atoms with E-state index in [4.69, 9.17) is 4.74 Å². The van der Waals surface area contributed by atoms with Crippen LogP contribution in [0.1, 0.15) is 4.88 Å². The number of ether oxygens (including phenoxy) is 1. The fraction of sp³-hybridized carbons (Fsp3) is 0.222. The topological polar surface area (TPSA) is 49.9 Å². The Balaban J connectivity index is 2.06. The van der Waals surface area contributed by atoms with E-state index in [0.717, 1.165) is 10.6 Å². The van der Waals surface area contributed by atoms with Gasteiger partial charge in [-0.25, -0.2) is 0 Å². The minimum atomic E-state index is -0.285. The molecule has 0 fully saturated rings. The van der Waals surface area contributed by atoms with Gasteiger partial charge in [0.25, 0.3) is 11.8 Å². The number of likely N-dealkylation sites (N-methyl/N-ethyl adjacent to an activating group) is 1. The van der Waals surface area contributed by atoms with Gasteiger partial charge in [-0.2, -0.15) is 0 Å². The zero-order chi connectivity index (χ0) is 17.1. The van der Waals surface area contributed by atoms with E-state index in [0.29, 0.717) is 17.9 Å². The number of carbonyl (C=O) groups is 2. The number of amides is 2. The predicted octanol–water partition coefficient (Wildman–Crippen LogP) is 2.61. The third-order valence-corrected chi connectivity index (χ3v) is 4.80. The van der Waals surface area contributed by atoms with Crippen molar-refractivity contribution in [2.24, 2.45) is 0 Å². The van der Waals surface area contributed by atoms with Crippen LogP contribution < -0.4 is 4.90 Å². The van der Waals surface area contributed by atoms with E-state index in [2.05, 4.69) is 0 Å². The van der Waals surface area contributed by atoms with E-state index in [-0.39, 0.29) is 18.4 Å². The smallest absolute Gasteiger partial charge is 0.278 e. The average molecular weight is 342 g/mol. The molecule has 2 heterocycles. The molecule has 0 bridgehead atoms. The van der Waals surface area contributed by atoms with Gasteiger partial charge in [0.1, 0.15) is 5.70 Å². The summed E-state index contributed by atoms with van der Waals surface area (Å²) in [6, 6.07) is 13.3. The maximum atomic E-state index is 12.9. The highest BCUT2D eigenvalue weighted by atomic mass is 32.1. The number of nitrogens with zero attached hydrogens (tertiary/aromatic N) is 2. The van der Waals surface area contributed by atoms with Crippen LogP contribution in [0.25, 0.3) is 5.57 Å². The highest BCUT2D eigenvalue weighted by molar-refractivity contribution is 7.11. The molecule has 0 spiro atoms. The van der Waals surface area contributed by atoms with Crippen molar-refractivity contribution in [2.45, 2.75) is 0 Å². The predicted molar refractivity (Wildman–Crippen MR) is 94.7 cm³/mol. The number of methoxy groups -OCH3 is 1. The van der Waals surface area contributed by atoms with Crippen molar-refractivity contribution >= 4 is 34.4 Å². The molecule has 0 saturated heterocycles. The van der Waals surface area contributed by atoms with Crippen molar-refractivity contribution in [2.75, 3.05) is 32.2 Å². The molecule has 0 N–H and O–H groups in total. The van der Waals surface area contributed by atoms with E-state index in [1.807, 2.05) is 54.9 Å². The van der Waals surface area contributed by atoms with Gasteiger partial charge in [-0.05, 0) is 23.6 Å². The Hall–Kier alpha value is -2.44. The zero-order valence-corrected chi connectivity index (χ0v) is 14.4. The molecule has 0 unspecified atom stereocenters. The lowest BCUT2D eigenvalue weighted by Crippen LogP contribution is -2.36. The molecule has 0 aliphatic carbocycles. The van der Waals surface area contributed by atoms with Crippen LogP contribution in [0.3, 0.4) is 0 Å². The molecule has 124 valence electrons. The van der Waals surface area contributed by atoms with Crippen molar-refractivity contribution in [3.05, 3.63) is 58.4 Å². The van der Waals surface area contributed by atoms with Gasteiger partial charge in [0.05, 0.1) is 18.7 Å². The molecule has 0 atom stereocenters. The van der Waals surface area contributed by atoms with Gasteiger partial charge >= 0.3 is 0 Å². The molecule has 0 saturated carbocycles. The lowest BCUT2D eigenvalue weighted by atomic mass is 10.1. The summed E-state index contributed by atoms with van der Waals surface area (Å²) >= 11 is 1.45. The minimum absolute atomic E-state index is 0.245. The summed E-state index contributed by atoms with van der Waals surface area (Å²) < 4.78 is 5.03. The normalized spacial score (nSPS) is 14.7. The van der Waals surface area contributed by atoms with Crippen LogP contribution in [0.5, 0.6) is 0 Å².